The fourth-order valence-electron chi connectivity index (χ4n) is 4.91. The van der Waals surface area contributed by atoms with Crippen LogP contribution in [0.15, 0.2) is 24.4 Å². The van der Waals surface area contributed by atoms with Crippen LogP contribution in [0.4, 0.5) is 16.2 Å². The normalized spacial score (nSPS) is 19.9. The van der Waals surface area contributed by atoms with Gasteiger partial charge in [-0.25, -0.2) is 4.79 Å². The van der Waals surface area contributed by atoms with Gasteiger partial charge >= 0.3 is 6.03 Å². The number of anilines is 2. The molecule has 2 aliphatic rings. The number of aromatic nitrogens is 1. The molecule has 1 aromatic heterocycles. The zero-order valence-corrected chi connectivity index (χ0v) is 21.2. The van der Waals surface area contributed by atoms with Gasteiger partial charge in [0.15, 0.2) is 7.05 Å². The summed E-state index contributed by atoms with van der Waals surface area (Å²) >= 11 is 0. The first-order valence-corrected chi connectivity index (χ1v) is 12.1. The summed E-state index contributed by atoms with van der Waals surface area (Å²) in [6, 6.07) is 5.45. The maximum atomic E-state index is 13.0. The second-order valence-electron chi connectivity index (χ2n) is 9.73. The Morgan fingerprint density at radius 2 is 1.94 bits per heavy atom. The van der Waals surface area contributed by atoms with E-state index in [0.717, 1.165) is 42.3 Å². The average molecular weight is 500 g/mol. The third-order valence-corrected chi connectivity index (χ3v) is 7.03. The molecule has 1 aliphatic carbocycles. The summed E-state index contributed by atoms with van der Waals surface area (Å²) in [4.78, 5) is 30.7. The second-order valence-corrected chi connectivity index (χ2v) is 9.73. The standard InChI is InChI=1S/C25H34N6O5/c1-15-5-8-18(11-22(15)36-4)28-24(32)17-6-9-19(10-7-17)30-14-20-16(2)12-26-21(13-27-31(3,34)35)23(20)29-25(30)33/h5,8,11-12,17,19,27,34-35H,6-7,9-10,13-14H2,1-4H3,(H-,28,29,32,33)/p+1. The van der Waals surface area contributed by atoms with Crippen LogP contribution in [0, 0.1) is 19.8 Å². The van der Waals surface area contributed by atoms with Crippen LogP contribution in [-0.4, -0.2) is 57.4 Å². The first kappa shape index (κ1) is 25.8. The predicted octanol–water partition coefficient (Wildman–Crippen LogP) is 3.48. The first-order chi connectivity index (χ1) is 17.1. The highest BCUT2D eigenvalue weighted by atomic mass is 16.9. The molecule has 1 fully saturated rings. The van der Waals surface area contributed by atoms with Crippen LogP contribution in [0.2, 0.25) is 0 Å². The molecule has 0 spiro atoms. The van der Waals surface area contributed by atoms with Gasteiger partial charge in [-0.15, -0.1) is 0 Å². The number of hydrogen-bond donors (Lipinski definition) is 5. The van der Waals surface area contributed by atoms with Gasteiger partial charge in [0.25, 0.3) is 0 Å². The molecule has 0 unspecified atom stereocenters. The molecule has 0 atom stereocenters. The number of hydrogen-bond acceptors (Lipinski definition) is 7. The van der Waals surface area contributed by atoms with Gasteiger partial charge in [-0.05, 0) is 56.7 Å². The molecule has 194 valence electrons. The van der Waals surface area contributed by atoms with Gasteiger partial charge < -0.3 is 20.3 Å². The number of carbonyl (C=O) groups excluding carboxylic acids is 2. The van der Waals surface area contributed by atoms with Crippen molar-refractivity contribution < 1.29 is 29.7 Å². The Kier molecular flexibility index (Phi) is 7.46. The molecule has 5 N–H and O–H groups in total. The van der Waals surface area contributed by atoms with Gasteiger partial charge in [0.1, 0.15) is 5.75 Å². The lowest BCUT2D eigenvalue weighted by molar-refractivity contribution is -1.26. The van der Waals surface area contributed by atoms with Crippen LogP contribution in [0.5, 0.6) is 5.75 Å². The molecule has 11 nitrogen and oxygen atoms in total. The molecule has 1 aromatic carbocycles. The van der Waals surface area contributed by atoms with Crippen molar-refractivity contribution in [3.8, 4) is 5.75 Å². The fourth-order valence-corrected chi connectivity index (χ4v) is 4.91. The second kappa shape index (κ2) is 10.4. The minimum Gasteiger partial charge on any atom is -0.496 e. The fraction of sp³-hybridized carbons (Fsp3) is 0.480. The highest BCUT2D eigenvalue weighted by Gasteiger charge is 2.35. The lowest BCUT2D eigenvalue weighted by Crippen LogP contribution is -2.50. The average Bonchev–Trinajstić information content (AvgIpc) is 2.84. The molecule has 2 heterocycles. The summed E-state index contributed by atoms with van der Waals surface area (Å²) in [5.74, 6) is 0.616. The van der Waals surface area contributed by atoms with Crippen molar-refractivity contribution in [3.05, 3.63) is 46.8 Å². The van der Waals surface area contributed by atoms with E-state index >= 15 is 0 Å². The maximum Gasteiger partial charge on any atom is 0.322 e. The summed E-state index contributed by atoms with van der Waals surface area (Å²) in [6.07, 6.45) is 4.60. The number of fused-ring (bicyclic) bond motifs is 1. The molecule has 11 heteroatoms. The van der Waals surface area contributed by atoms with Gasteiger partial charge in [0.05, 0.1) is 31.6 Å². The quantitative estimate of drug-likeness (QED) is 0.291. The molecule has 3 amide bonds. The largest absolute Gasteiger partial charge is 0.496 e. The molecule has 0 saturated heterocycles. The van der Waals surface area contributed by atoms with Crippen molar-refractivity contribution >= 4 is 23.3 Å². The summed E-state index contributed by atoms with van der Waals surface area (Å²) in [5.41, 5.74) is 7.29. The van der Waals surface area contributed by atoms with E-state index in [-0.39, 0.29) is 30.4 Å². The Balaban J connectivity index is 1.38. The van der Waals surface area contributed by atoms with Gasteiger partial charge in [-0.3, -0.25) is 9.78 Å². The van der Waals surface area contributed by atoms with Crippen molar-refractivity contribution in [1.29, 1.82) is 0 Å². The summed E-state index contributed by atoms with van der Waals surface area (Å²) in [7, 11) is 2.77. The summed E-state index contributed by atoms with van der Waals surface area (Å²) in [6.45, 7) is 4.41. The third-order valence-electron chi connectivity index (χ3n) is 7.03. The highest BCUT2D eigenvalue weighted by molar-refractivity contribution is 5.94. The Hall–Kier alpha value is -3.25. The van der Waals surface area contributed by atoms with Crippen LogP contribution in [0.1, 0.15) is 48.1 Å². The molecule has 4 rings (SSSR count). The van der Waals surface area contributed by atoms with Gasteiger partial charge in [0.2, 0.25) is 5.91 Å². The number of pyridine rings is 1. The van der Waals surface area contributed by atoms with Crippen molar-refractivity contribution in [3.63, 3.8) is 0 Å². The van der Waals surface area contributed by atoms with Gasteiger partial charge in [-0.2, -0.15) is 10.4 Å². The number of rotatable bonds is 7. The van der Waals surface area contributed by atoms with E-state index in [0.29, 0.717) is 36.5 Å². The van der Waals surface area contributed by atoms with Crippen molar-refractivity contribution in [2.45, 2.75) is 58.7 Å². The molecule has 2 aromatic rings. The molecular formula is C25H35N6O5+. The molecular weight excluding hydrogens is 464 g/mol. The van der Waals surface area contributed by atoms with E-state index in [1.54, 1.807) is 13.3 Å². The number of ether oxygens (including phenoxy) is 1. The first-order valence-electron chi connectivity index (χ1n) is 12.1. The predicted molar refractivity (Wildman–Crippen MR) is 132 cm³/mol. The lowest BCUT2D eigenvalue weighted by Gasteiger charge is -2.40. The Morgan fingerprint density at radius 3 is 2.61 bits per heavy atom. The molecule has 1 saturated carbocycles. The lowest BCUT2D eigenvalue weighted by atomic mass is 9.84. The van der Waals surface area contributed by atoms with E-state index in [9.17, 15) is 20.0 Å². The van der Waals surface area contributed by atoms with E-state index in [1.807, 2.05) is 36.9 Å². The van der Waals surface area contributed by atoms with Gasteiger partial charge in [0, 0.05) is 40.4 Å². The SMILES string of the molecule is COc1cc(NC(=O)C2CCC(N3Cc4c(C)cnc(CN[N+](C)(O)O)c4NC3=O)CC2)ccc1C. The number of benzene rings is 1. The number of methoxy groups -OCH3 is 1. The number of nitrogens with one attached hydrogen (secondary N) is 3. The number of aryl methyl sites for hydroxylation is 2. The van der Waals surface area contributed by atoms with E-state index < -0.39 is 4.92 Å². The van der Waals surface area contributed by atoms with Crippen LogP contribution in [0.25, 0.3) is 0 Å². The van der Waals surface area contributed by atoms with Crippen LogP contribution < -0.4 is 20.8 Å². The molecule has 0 bridgehead atoms. The maximum absolute atomic E-state index is 13.0. The molecule has 0 radical (unpaired) electrons. The monoisotopic (exact) mass is 499 g/mol. The summed E-state index contributed by atoms with van der Waals surface area (Å²) in [5, 5.41) is 25.0. The number of urea groups is 1. The van der Waals surface area contributed by atoms with Crippen LogP contribution in [-0.2, 0) is 17.9 Å². The zero-order valence-electron chi connectivity index (χ0n) is 21.2. The molecule has 36 heavy (non-hydrogen) atoms. The Labute approximate surface area is 210 Å². The number of hydroxylamine groups is 2. The minimum atomic E-state index is -1.40. The Morgan fingerprint density at radius 1 is 1.22 bits per heavy atom. The van der Waals surface area contributed by atoms with E-state index in [2.05, 4.69) is 21.0 Å². The van der Waals surface area contributed by atoms with E-state index in [4.69, 9.17) is 4.74 Å². The smallest absolute Gasteiger partial charge is 0.322 e. The van der Waals surface area contributed by atoms with Crippen molar-refractivity contribution in [2.75, 3.05) is 24.8 Å². The number of nitrogens with zero attached hydrogens (tertiary/aromatic N) is 3. The van der Waals surface area contributed by atoms with Crippen molar-refractivity contribution in [1.82, 2.24) is 15.3 Å². The minimum absolute atomic E-state index is 0.00923. The van der Waals surface area contributed by atoms with Gasteiger partial charge in [-0.1, -0.05) is 11.5 Å². The molecule has 1 aliphatic heterocycles. The number of quaternary nitrogens is 1. The van der Waals surface area contributed by atoms with Crippen LogP contribution >= 0.6 is 0 Å². The highest BCUT2D eigenvalue weighted by Crippen LogP contribution is 2.35. The topological polar surface area (TPSA) is 136 Å². The number of carbonyl (C=O) groups is 2. The van der Waals surface area contributed by atoms with Crippen molar-refractivity contribution in [2.24, 2.45) is 5.92 Å². The Bertz CT molecular complexity index is 1140. The third kappa shape index (κ3) is 5.76. The summed E-state index contributed by atoms with van der Waals surface area (Å²) < 4.78 is 5.35. The van der Waals surface area contributed by atoms with Crippen LogP contribution in [0.3, 0.4) is 0 Å². The zero-order chi connectivity index (χ0) is 26.0. The number of amides is 3. The van der Waals surface area contributed by atoms with E-state index in [1.165, 1.54) is 0 Å².